The molecule has 25 heavy (non-hydrogen) atoms. The van der Waals surface area contributed by atoms with Crippen LogP contribution in [0.4, 0.5) is 5.82 Å². The van der Waals surface area contributed by atoms with Crippen LogP contribution in [0.1, 0.15) is 40.5 Å². The van der Waals surface area contributed by atoms with Crippen LogP contribution in [0.2, 0.25) is 5.15 Å². The fourth-order valence-corrected chi connectivity index (χ4v) is 4.89. The van der Waals surface area contributed by atoms with Gasteiger partial charge in [0.15, 0.2) is 11.0 Å². The van der Waals surface area contributed by atoms with Crippen LogP contribution in [0.25, 0.3) is 0 Å². The van der Waals surface area contributed by atoms with Crippen LogP contribution in [0.15, 0.2) is 12.4 Å². The van der Waals surface area contributed by atoms with Crippen LogP contribution in [0.3, 0.4) is 0 Å². The quantitative estimate of drug-likeness (QED) is 0.864. The van der Waals surface area contributed by atoms with Crippen LogP contribution < -0.4 is 9.62 Å². The van der Waals surface area contributed by atoms with Crippen LogP contribution in [-0.2, 0) is 15.7 Å². The van der Waals surface area contributed by atoms with Crippen molar-refractivity contribution in [1.82, 2.24) is 14.7 Å². The molecule has 3 heterocycles. The number of anilines is 1. The van der Waals surface area contributed by atoms with Gasteiger partial charge in [0.1, 0.15) is 0 Å². The molecule has 0 bridgehead atoms. The third-order valence-corrected chi connectivity index (χ3v) is 7.09. The Kier molecular flexibility index (Phi) is 5.40. The Balaban J connectivity index is 1.72. The Morgan fingerprint density at radius 2 is 1.96 bits per heavy atom. The minimum atomic E-state index is -1.11. The van der Waals surface area contributed by atoms with Gasteiger partial charge in [0.25, 0.3) is 0 Å². The molecule has 3 atom stereocenters. The molecular formula is C17H27ClN4O2S. The Hall–Kier alpha value is -0.760. The molecule has 1 aromatic heterocycles. The summed E-state index contributed by atoms with van der Waals surface area (Å²) in [5.74, 6) is 0.744. The van der Waals surface area contributed by atoms with E-state index in [0.717, 1.165) is 31.7 Å². The highest BCUT2D eigenvalue weighted by Gasteiger charge is 2.50. The topological polar surface area (TPSA) is 67.3 Å². The van der Waals surface area contributed by atoms with E-state index in [2.05, 4.69) is 26.5 Å². The normalized spacial score (nSPS) is 27.6. The summed E-state index contributed by atoms with van der Waals surface area (Å²) in [6, 6.07) is 0.0898. The largest absolute Gasteiger partial charge is 0.376 e. The Morgan fingerprint density at radius 1 is 1.32 bits per heavy atom. The molecule has 3 rings (SSSR count). The fraction of sp³-hybridized carbons (Fsp3) is 0.765. The number of rotatable bonds is 3. The highest BCUT2D eigenvalue weighted by molar-refractivity contribution is 7.84. The minimum absolute atomic E-state index is 0.00547. The Bertz CT molecular complexity index is 644. The molecule has 140 valence electrons. The molecule has 0 radical (unpaired) electrons. The number of piperidine rings is 1. The summed E-state index contributed by atoms with van der Waals surface area (Å²) < 4.78 is 21.7. The van der Waals surface area contributed by atoms with E-state index < -0.39 is 11.0 Å². The van der Waals surface area contributed by atoms with Crippen molar-refractivity contribution in [3.8, 4) is 0 Å². The molecule has 0 aromatic carbocycles. The maximum atomic E-state index is 12.6. The van der Waals surface area contributed by atoms with Crippen LogP contribution in [0.5, 0.6) is 0 Å². The average molecular weight is 387 g/mol. The average Bonchev–Trinajstić information content (AvgIpc) is 2.85. The first-order chi connectivity index (χ1) is 11.7. The molecular weight excluding hydrogens is 360 g/mol. The van der Waals surface area contributed by atoms with Gasteiger partial charge < -0.3 is 9.64 Å². The number of ether oxygens (including phenoxy) is 1. The zero-order valence-electron chi connectivity index (χ0n) is 15.3. The van der Waals surface area contributed by atoms with Crippen molar-refractivity contribution >= 4 is 28.4 Å². The first-order valence-electron chi connectivity index (χ1n) is 8.74. The summed E-state index contributed by atoms with van der Waals surface area (Å²) in [5.41, 5.74) is 0.00547. The first kappa shape index (κ1) is 19.0. The van der Waals surface area contributed by atoms with E-state index in [-0.39, 0.29) is 22.3 Å². The lowest BCUT2D eigenvalue weighted by atomic mass is 9.73. The predicted molar refractivity (Wildman–Crippen MR) is 101 cm³/mol. The standard InChI is InChI=1S/C17H27ClN4O2S/c1-12-13(21-25(23)16(2,3)4)17(11-24-12)5-9-22(10-6-17)15-14(18)19-7-8-20-15/h7-8,12-13,21H,5-6,9-11H2,1-4H3/t12-,13+,25+/m0/s1. The van der Waals surface area contributed by atoms with E-state index in [1.807, 2.05) is 20.8 Å². The molecule has 2 saturated heterocycles. The Labute approximate surface area is 157 Å². The lowest BCUT2D eigenvalue weighted by molar-refractivity contribution is 0.0973. The van der Waals surface area contributed by atoms with Crippen molar-refractivity contribution in [2.45, 2.75) is 57.4 Å². The second kappa shape index (κ2) is 7.10. The van der Waals surface area contributed by atoms with Gasteiger partial charge in [0, 0.05) is 30.9 Å². The SMILES string of the molecule is C[C@@H]1OCC2(CCN(c3nccnc3Cl)CC2)[C@@H]1N[S@](=O)C(C)(C)C. The van der Waals surface area contributed by atoms with Crippen LogP contribution in [-0.4, -0.2) is 50.8 Å². The molecule has 0 aliphatic carbocycles. The number of hydrogen-bond donors (Lipinski definition) is 1. The molecule has 6 nitrogen and oxygen atoms in total. The van der Waals surface area contributed by atoms with Gasteiger partial charge in [-0.3, -0.25) is 0 Å². The van der Waals surface area contributed by atoms with Gasteiger partial charge in [-0.25, -0.2) is 18.9 Å². The van der Waals surface area contributed by atoms with Gasteiger partial charge in [-0.2, -0.15) is 0 Å². The number of halogens is 1. The summed E-state index contributed by atoms with van der Waals surface area (Å²) in [7, 11) is -1.11. The maximum Gasteiger partial charge on any atom is 0.171 e. The van der Waals surface area contributed by atoms with Crippen LogP contribution >= 0.6 is 11.6 Å². The number of nitrogens with zero attached hydrogens (tertiary/aromatic N) is 3. The molecule has 0 saturated carbocycles. The minimum Gasteiger partial charge on any atom is -0.376 e. The lowest BCUT2D eigenvalue weighted by Gasteiger charge is -2.43. The highest BCUT2D eigenvalue weighted by Crippen LogP contribution is 2.43. The smallest absolute Gasteiger partial charge is 0.171 e. The number of aromatic nitrogens is 2. The molecule has 1 N–H and O–H groups in total. The zero-order valence-corrected chi connectivity index (χ0v) is 16.9. The monoisotopic (exact) mass is 386 g/mol. The zero-order chi connectivity index (χ0) is 18.2. The van der Waals surface area contributed by atoms with E-state index in [4.69, 9.17) is 16.3 Å². The molecule has 8 heteroatoms. The highest BCUT2D eigenvalue weighted by atomic mass is 35.5. The van der Waals surface area contributed by atoms with Gasteiger partial charge in [0.2, 0.25) is 0 Å². The van der Waals surface area contributed by atoms with Crippen molar-refractivity contribution in [3.63, 3.8) is 0 Å². The molecule has 2 aliphatic heterocycles. The van der Waals surface area contributed by atoms with Crippen molar-refractivity contribution in [2.24, 2.45) is 5.41 Å². The van der Waals surface area contributed by atoms with Gasteiger partial charge in [0.05, 0.1) is 34.5 Å². The summed E-state index contributed by atoms with van der Waals surface area (Å²) in [6.45, 7) is 10.4. The molecule has 2 fully saturated rings. The van der Waals surface area contributed by atoms with Gasteiger partial charge in [-0.1, -0.05) is 11.6 Å². The number of hydrogen-bond acceptors (Lipinski definition) is 5. The molecule has 1 aromatic rings. The Morgan fingerprint density at radius 3 is 2.56 bits per heavy atom. The van der Waals surface area contributed by atoms with Crippen molar-refractivity contribution in [3.05, 3.63) is 17.5 Å². The summed E-state index contributed by atoms with van der Waals surface area (Å²) in [4.78, 5) is 10.7. The number of nitrogens with one attached hydrogen (secondary N) is 1. The lowest BCUT2D eigenvalue weighted by Crippen LogP contribution is -2.55. The second-order valence-electron chi connectivity index (χ2n) is 8.01. The summed E-state index contributed by atoms with van der Waals surface area (Å²) in [5, 5.41) is 0.443. The maximum absolute atomic E-state index is 12.6. The molecule has 0 amide bonds. The molecule has 1 spiro atoms. The van der Waals surface area contributed by atoms with Crippen molar-refractivity contribution < 1.29 is 8.95 Å². The fourth-order valence-electron chi connectivity index (χ4n) is 3.64. The van der Waals surface area contributed by atoms with E-state index in [1.54, 1.807) is 12.4 Å². The van der Waals surface area contributed by atoms with E-state index in [9.17, 15) is 4.21 Å². The third kappa shape index (κ3) is 3.84. The van der Waals surface area contributed by atoms with E-state index >= 15 is 0 Å². The molecule has 2 aliphatic rings. The first-order valence-corrected chi connectivity index (χ1v) is 10.3. The van der Waals surface area contributed by atoms with Crippen molar-refractivity contribution in [2.75, 3.05) is 24.6 Å². The summed E-state index contributed by atoms with van der Waals surface area (Å²) >= 11 is 6.19. The van der Waals surface area contributed by atoms with Crippen LogP contribution in [0, 0.1) is 5.41 Å². The van der Waals surface area contributed by atoms with Gasteiger partial charge in [-0.05, 0) is 40.5 Å². The van der Waals surface area contributed by atoms with Crippen molar-refractivity contribution in [1.29, 1.82) is 0 Å². The molecule has 0 unspecified atom stereocenters. The van der Waals surface area contributed by atoms with E-state index in [1.165, 1.54) is 0 Å². The van der Waals surface area contributed by atoms with Gasteiger partial charge in [-0.15, -0.1) is 0 Å². The summed E-state index contributed by atoms with van der Waals surface area (Å²) in [6.07, 6.45) is 5.22. The third-order valence-electron chi connectivity index (χ3n) is 5.25. The van der Waals surface area contributed by atoms with Gasteiger partial charge >= 0.3 is 0 Å². The predicted octanol–water partition coefficient (Wildman–Crippen LogP) is 2.56. The van der Waals surface area contributed by atoms with E-state index in [0.29, 0.717) is 11.8 Å². The second-order valence-corrected chi connectivity index (χ2v) is 10.4.